The Morgan fingerprint density at radius 2 is 1.11 bits per heavy atom. The molecule has 3 atom stereocenters. The van der Waals surface area contributed by atoms with Crippen molar-refractivity contribution in [1.82, 2.24) is 0 Å². The van der Waals surface area contributed by atoms with Crippen molar-refractivity contribution in [3.63, 3.8) is 0 Å². The van der Waals surface area contributed by atoms with E-state index in [1.165, 1.54) is 66.7 Å². The molecule has 176 valence electrons. The molecule has 1 aliphatic carbocycles. The van der Waals surface area contributed by atoms with Gasteiger partial charge in [0.2, 0.25) is 0 Å². The summed E-state index contributed by atoms with van der Waals surface area (Å²) in [5, 5.41) is 61.2. The molecule has 0 saturated heterocycles. The second-order valence-corrected chi connectivity index (χ2v) is 8.73. The predicted molar refractivity (Wildman–Crippen MR) is 127 cm³/mol. The molecule has 0 spiro atoms. The highest BCUT2D eigenvalue weighted by molar-refractivity contribution is 6.03. The summed E-state index contributed by atoms with van der Waals surface area (Å²) in [7, 11) is 0. The molecular formula is C28H22O7. The molecule has 7 heteroatoms. The van der Waals surface area contributed by atoms with Crippen molar-refractivity contribution >= 4 is 5.78 Å². The van der Waals surface area contributed by atoms with Crippen LogP contribution in [0.4, 0.5) is 0 Å². The Hall–Kier alpha value is -4.65. The first-order valence-corrected chi connectivity index (χ1v) is 10.9. The smallest absolute Gasteiger partial charge is 0.170 e. The molecule has 0 aromatic heterocycles. The highest BCUT2D eigenvalue weighted by Crippen LogP contribution is 2.59. The summed E-state index contributed by atoms with van der Waals surface area (Å²) in [5.41, 5.74) is 2.26. The molecular weight excluding hydrogens is 448 g/mol. The fourth-order valence-corrected chi connectivity index (χ4v) is 5.17. The fourth-order valence-electron chi connectivity index (χ4n) is 5.17. The molecule has 0 bridgehead atoms. The quantitative estimate of drug-likeness (QED) is 0.235. The molecule has 0 aliphatic heterocycles. The molecule has 7 nitrogen and oxygen atoms in total. The summed E-state index contributed by atoms with van der Waals surface area (Å²) < 4.78 is 0. The van der Waals surface area contributed by atoms with E-state index in [0.29, 0.717) is 27.8 Å². The lowest BCUT2D eigenvalue weighted by Crippen LogP contribution is -2.19. The normalized spacial score (nSPS) is 18.8. The van der Waals surface area contributed by atoms with Gasteiger partial charge in [-0.3, -0.25) is 4.79 Å². The van der Waals surface area contributed by atoms with Crippen LogP contribution >= 0.6 is 0 Å². The Bertz CT molecular complexity index is 1410. The third kappa shape index (κ3) is 3.87. The van der Waals surface area contributed by atoms with Gasteiger partial charge in [0.1, 0.15) is 34.5 Å². The number of hydrogen-bond acceptors (Lipinski definition) is 7. The summed E-state index contributed by atoms with van der Waals surface area (Å²) >= 11 is 0. The Morgan fingerprint density at radius 1 is 0.571 bits per heavy atom. The number of aromatic hydroxyl groups is 6. The number of benzene rings is 4. The van der Waals surface area contributed by atoms with Gasteiger partial charge < -0.3 is 30.6 Å². The summed E-state index contributed by atoms with van der Waals surface area (Å²) in [6.45, 7) is 0. The minimum absolute atomic E-state index is 0.00635. The van der Waals surface area contributed by atoms with E-state index in [0.717, 1.165) is 0 Å². The molecule has 1 aliphatic rings. The van der Waals surface area contributed by atoms with Crippen molar-refractivity contribution in [3.05, 3.63) is 107 Å². The van der Waals surface area contributed by atoms with Gasteiger partial charge in [-0.25, -0.2) is 0 Å². The SMILES string of the molecule is O=C(c1ccc(O)cc1)[C@H]1c2cc(O)cc(O)c2[C@@H](c2cc(O)cc(O)c2)[C@@H]1c1ccc(O)cc1. The molecule has 6 N–H and O–H groups in total. The maximum atomic E-state index is 13.9. The van der Waals surface area contributed by atoms with Crippen molar-refractivity contribution in [3.8, 4) is 34.5 Å². The van der Waals surface area contributed by atoms with Gasteiger partial charge in [-0.2, -0.15) is 0 Å². The van der Waals surface area contributed by atoms with Crippen molar-refractivity contribution in [1.29, 1.82) is 0 Å². The Balaban J connectivity index is 1.79. The first kappa shape index (κ1) is 22.2. The van der Waals surface area contributed by atoms with Crippen LogP contribution in [0.5, 0.6) is 34.5 Å². The monoisotopic (exact) mass is 470 g/mol. The number of carbonyl (C=O) groups is 1. The number of Topliss-reactive ketones (excluding diaryl/α,β-unsaturated/α-hetero) is 1. The number of fused-ring (bicyclic) bond motifs is 1. The minimum Gasteiger partial charge on any atom is -0.508 e. The van der Waals surface area contributed by atoms with E-state index in [1.807, 2.05) is 0 Å². The highest BCUT2D eigenvalue weighted by Gasteiger charge is 2.48. The average molecular weight is 470 g/mol. The molecule has 0 heterocycles. The molecule has 0 fully saturated rings. The first-order valence-electron chi connectivity index (χ1n) is 10.9. The van der Waals surface area contributed by atoms with Crippen LogP contribution in [0.25, 0.3) is 0 Å². The van der Waals surface area contributed by atoms with Gasteiger partial charge >= 0.3 is 0 Å². The lowest BCUT2D eigenvalue weighted by molar-refractivity contribution is 0.0949. The molecule has 35 heavy (non-hydrogen) atoms. The summed E-state index contributed by atoms with van der Waals surface area (Å²) in [6, 6.07) is 18.9. The van der Waals surface area contributed by atoms with Crippen LogP contribution in [0.1, 0.15) is 50.4 Å². The number of ketones is 1. The standard InChI is InChI=1S/C28H22O7/c29-17-5-1-14(2-6-17)24-25(16-9-19(31)11-20(32)10-16)26-22(12-21(33)13-23(26)34)27(24)28(35)15-3-7-18(30)8-4-15/h1-13,24-25,27,29-34H/t24-,25-,27-/m0/s1. The van der Waals surface area contributed by atoms with Gasteiger partial charge in [0.05, 0.1) is 5.92 Å². The van der Waals surface area contributed by atoms with Crippen LogP contribution in [0.15, 0.2) is 78.9 Å². The summed E-state index contributed by atoms with van der Waals surface area (Å²) in [6.07, 6.45) is 0. The lowest BCUT2D eigenvalue weighted by atomic mass is 9.75. The maximum Gasteiger partial charge on any atom is 0.170 e. The lowest BCUT2D eigenvalue weighted by Gasteiger charge is -2.26. The molecule has 5 rings (SSSR count). The third-order valence-corrected chi connectivity index (χ3v) is 6.54. The van der Waals surface area contributed by atoms with E-state index in [-0.39, 0.29) is 40.3 Å². The van der Waals surface area contributed by atoms with Gasteiger partial charge in [-0.15, -0.1) is 0 Å². The van der Waals surface area contributed by atoms with E-state index in [2.05, 4.69) is 0 Å². The van der Waals surface area contributed by atoms with Gasteiger partial charge in [0.15, 0.2) is 5.78 Å². The summed E-state index contributed by atoms with van der Waals surface area (Å²) in [5.74, 6) is -3.24. The second-order valence-electron chi connectivity index (χ2n) is 8.73. The minimum atomic E-state index is -0.869. The van der Waals surface area contributed by atoms with E-state index >= 15 is 0 Å². The molecule has 0 amide bonds. The fraction of sp³-hybridized carbons (Fsp3) is 0.107. The van der Waals surface area contributed by atoms with E-state index in [4.69, 9.17) is 0 Å². The Labute approximate surface area is 200 Å². The largest absolute Gasteiger partial charge is 0.508 e. The van der Waals surface area contributed by atoms with Crippen LogP contribution in [0.3, 0.4) is 0 Å². The van der Waals surface area contributed by atoms with Crippen molar-refractivity contribution in [2.24, 2.45) is 0 Å². The first-order chi connectivity index (χ1) is 16.7. The molecule has 4 aromatic carbocycles. The zero-order chi connectivity index (χ0) is 24.9. The number of phenolic OH excluding ortho intramolecular Hbond substituents is 6. The van der Waals surface area contributed by atoms with Gasteiger partial charge in [0.25, 0.3) is 0 Å². The zero-order valence-electron chi connectivity index (χ0n) is 18.3. The molecule has 0 radical (unpaired) electrons. The number of rotatable bonds is 4. The Kier molecular flexibility index (Phi) is 5.25. The number of hydrogen-bond donors (Lipinski definition) is 6. The van der Waals surface area contributed by atoms with Crippen molar-refractivity contribution < 1.29 is 35.4 Å². The average Bonchev–Trinajstić information content (AvgIpc) is 3.14. The van der Waals surface area contributed by atoms with Crippen molar-refractivity contribution in [2.75, 3.05) is 0 Å². The predicted octanol–water partition coefficient (Wildman–Crippen LogP) is 4.82. The zero-order valence-corrected chi connectivity index (χ0v) is 18.3. The van der Waals surface area contributed by atoms with E-state index in [9.17, 15) is 35.4 Å². The number of phenols is 6. The van der Waals surface area contributed by atoms with Crippen LogP contribution in [-0.2, 0) is 0 Å². The molecule has 4 aromatic rings. The molecule has 0 saturated carbocycles. The van der Waals surface area contributed by atoms with Crippen molar-refractivity contribution in [2.45, 2.75) is 17.8 Å². The topological polar surface area (TPSA) is 138 Å². The van der Waals surface area contributed by atoms with Crippen LogP contribution < -0.4 is 0 Å². The summed E-state index contributed by atoms with van der Waals surface area (Å²) in [4.78, 5) is 13.9. The molecule has 0 unspecified atom stereocenters. The highest BCUT2D eigenvalue weighted by atomic mass is 16.3. The van der Waals surface area contributed by atoms with E-state index in [1.54, 1.807) is 12.1 Å². The van der Waals surface area contributed by atoms with Crippen LogP contribution in [-0.4, -0.2) is 36.4 Å². The third-order valence-electron chi connectivity index (χ3n) is 6.54. The van der Waals surface area contributed by atoms with Gasteiger partial charge in [-0.05, 0) is 71.3 Å². The van der Waals surface area contributed by atoms with Gasteiger partial charge in [-0.1, -0.05) is 12.1 Å². The number of carbonyl (C=O) groups excluding carboxylic acids is 1. The van der Waals surface area contributed by atoms with Crippen LogP contribution in [0, 0.1) is 0 Å². The second kappa shape index (κ2) is 8.29. The van der Waals surface area contributed by atoms with E-state index < -0.39 is 17.8 Å². The maximum absolute atomic E-state index is 13.9. The van der Waals surface area contributed by atoms with Crippen LogP contribution in [0.2, 0.25) is 0 Å². The Morgan fingerprint density at radius 3 is 1.71 bits per heavy atom. The van der Waals surface area contributed by atoms with Gasteiger partial charge in [0, 0.05) is 35.1 Å².